The number of para-hydroxylation sites is 1. The van der Waals surface area contributed by atoms with E-state index in [-0.39, 0.29) is 17.5 Å². The zero-order valence-corrected chi connectivity index (χ0v) is 18.2. The van der Waals surface area contributed by atoms with Crippen LogP contribution in [0, 0.1) is 44.9 Å². The predicted octanol–water partition coefficient (Wildman–Crippen LogP) is 5.31. The first kappa shape index (κ1) is 20.9. The molecule has 2 aromatic rings. The van der Waals surface area contributed by atoms with Crippen LogP contribution in [-0.4, -0.2) is 16.5 Å². The maximum atomic E-state index is 12.8. The molecule has 4 nitrogen and oxygen atoms in total. The van der Waals surface area contributed by atoms with E-state index in [2.05, 4.69) is 67.9 Å². The van der Waals surface area contributed by atoms with Gasteiger partial charge in [0.2, 0.25) is 0 Å². The lowest BCUT2D eigenvalue weighted by Gasteiger charge is -2.29. The molecule has 1 N–H and O–H groups in total. The number of carbonyl (C=O) groups is 1. The van der Waals surface area contributed by atoms with Crippen LogP contribution >= 0.6 is 0 Å². The van der Waals surface area contributed by atoms with Gasteiger partial charge in [-0.15, -0.1) is 0 Å². The van der Waals surface area contributed by atoms with Crippen molar-refractivity contribution in [1.82, 2.24) is 9.88 Å². The molecule has 152 valence electrons. The Morgan fingerprint density at radius 1 is 1.17 bits per heavy atom. The molecule has 1 aliphatic carbocycles. The fourth-order valence-corrected chi connectivity index (χ4v) is 4.52. The van der Waals surface area contributed by atoms with Crippen molar-refractivity contribution in [2.75, 3.05) is 0 Å². The van der Waals surface area contributed by atoms with Crippen molar-refractivity contribution in [3.63, 3.8) is 0 Å². The number of benzene rings is 1. The molecule has 1 saturated carbocycles. The topological polar surface area (TPSA) is 57.8 Å². The Kier molecular flexibility index (Phi) is 6.27. The Morgan fingerprint density at radius 2 is 1.83 bits per heavy atom. The minimum atomic E-state index is -0.261. The summed E-state index contributed by atoms with van der Waals surface area (Å²) in [6.07, 6.45) is 6.21. The highest BCUT2D eigenvalue weighted by Crippen LogP contribution is 2.28. The van der Waals surface area contributed by atoms with E-state index >= 15 is 0 Å². The third-order valence-corrected chi connectivity index (χ3v) is 6.23. The van der Waals surface area contributed by atoms with Gasteiger partial charge in [-0.2, -0.15) is 5.26 Å². The van der Waals surface area contributed by atoms with Gasteiger partial charge in [-0.3, -0.25) is 4.79 Å². The SMILES string of the molecule is Cc1cccc(C)c1-n1c(C)cc(/C=C(\C#N)C(=O)N[C@@H]2CCCC[C@@H]2C)c1C. The van der Waals surface area contributed by atoms with E-state index in [0.717, 1.165) is 36.2 Å². The van der Waals surface area contributed by atoms with E-state index in [1.54, 1.807) is 6.08 Å². The van der Waals surface area contributed by atoms with E-state index in [1.807, 2.05) is 6.92 Å². The molecule has 0 spiro atoms. The van der Waals surface area contributed by atoms with Crippen molar-refractivity contribution in [2.24, 2.45) is 5.92 Å². The van der Waals surface area contributed by atoms with Gasteiger partial charge in [-0.1, -0.05) is 38.0 Å². The van der Waals surface area contributed by atoms with Gasteiger partial charge in [0.25, 0.3) is 5.91 Å². The number of aryl methyl sites for hydroxylation is 3. The summed E-state index contributed by atoms with van der Waals surface area (Å²) < 4.78 is 2.21. The predicted molar refractivity (Wildman–Crippen MR) is 118 cm³/mol. The lowest BCUT2D eigenvalue weighted by Crippen LogP contribution is -2.41. The Labute approximate surface area is 174 Å². The average Bonchev–Trinajstić information content (AvgIpc) is 2.95. The highest BCUT2D eigenvalue weighted by molar-refractivity contribution is 6.02. The van der Waals surface area contributed by atoms with Crippen molar-refractivity contribution in [1.29, 1.82) is 5.26 Å². The highest BCUT2D eigenvalue weighted by Gasteiger charge is 2.24. The summed E-state index contributed by atoms with van der Waals surface area (Å²) in [5.41, 5.74) is 6.77. The van der Waals surface area contributed by atoms with Crippen LogP contribution in [0.5, 0.6) is 0 Å². The molecular weight excluding hydrogens is 358 g/mol. The average molecular weight is 390 g/mol. The number of aromatic nitrogens is 1. The number of hydrogen-bond donors (Lipinski definition) is 1. The molecule has 0 unspecified atom stereocenters. The molecule has 1 amide bonds. The van der Waals surface area contributed by atoms with Crippen molar-refractivity contribution >= 4 is 12.0 Å². The quantitative estimate of drug-likeness (QED) is 0.569. The molecule has 0 bridgehead atoms. The zero-order chi connectivity index (χ0) is 21.1. The normalized spacial score (nSPS) is 19.7. The van der Waals surface area contributed by atoms with Crippen molar-refractivity contribution < 1.29 is 4.79 Å². The molecule has 29 heavy (non-hydrogen) atoms. The third kappa shape index (κ3) is 4.29. The highest BCUT2D eigenvalue weighted by atomic mass is 16.1. The molecule has 3 rings (SSSR count). The Bertz CT molecular complexity index is 970. The van der Waals surface area contributed by atoms with Crippen LogP contribution in [0.1, 0.15) is 60.7 Å². The van der Waals surface area contributed by atoms with Crippen LogP contribution < -0.4 is 5.32 Å². The Balaban J connectivity index is 1.93. The van der Waals surface area contributed by atoms with Crippen LogP contribution in [0.25, 0.3) is 11.8 Å². The molecule has 0 radical (unpaired) electrons. The molecular formula is C25H31N3O. The largest absolute Gasteiger partial charge is 0.348 e. The van der Waals surface area contributed by atoms with Gasteiger partial charge < -0.3 is 9.88 Å². The minimum absolute atomic E-state index is 0.162. The fourth-order valence-electron chi connectivity index (χ4n) is 4.52. The van der Waals surface area contributed by atoms with Crippen LogP contribution in [0.15, 0.2) is 29.8 Å². The van der Waals surface area contributed by atoms with Crippen LogP contribution in [0.4, 0.5) is 0 Å². The van der Waals surface area contributed by atoms with Crippen molar-refractivity contribution in [3.05, 3.63) is 57.9 Å². The number of rotatable bonds is 4. The Morgan fingerprint density at radius 3 is 2.45 bits per heavy atom. The zero-order valence-electron chi connectivity index (χ0n) is 18.2. The monoisotopic (exact) mass is 389 g/mol. The van der Waals surface area contributed by atoms with E-state index < -0.39 is 0 Å². The van der Waals surface area contributed by atoms with Crippen molar-refractivity contribution in [2.45, 2.75) is 66.3 Å². The van der Waals surface area contributed by atoms with Crippen LogP contribution in [0.3, 0.4) is 0 Å². The second-order valence-electron chi connectivity index (χ2n) is 8.41. The number of hydrogen-bond acceptors (Lipinski definition) is 2. The van der Waals surface area contributed by atoms with Crippen LogP contribution in [0.2, 0.25) is 0 Å². The van der Waals surface area contributed by atoms with Gasteiger partial charge in [0.15, 0.2) is 0 Å². The number of nitrogens with one attached hydrogen (secondary N) is 1. The maximum Gasteiger partial charge on any atom is 0.262 e. The van der Waals surface area contributed by atoms with Gasteiger partial charge in [0, 0.05) is 17.4 Å². The summed E-state index contributed by atoms with van der Waals surface area (Å²) in [6, 6.07) is 10.6. The van der Waals surface area contributed by atoms with Crippen LogP contribution in [-0.2, 0) is 4.79 Å². The first-order chi connectivity index (χ1) is 13.8. The van der Waals surface area contributed by atoms with E-state index in [9.17, 15) is 10.1 Å². The number of nitriles is 1. The molecule has 1 heterocycles. The summed E-state index contributed by atoms with van der Waals surface area (Å²) >= 11 is 0. The molecule has 4 heteroatoms. The molecule has 1 aromatic carbocycles. The standard InChI is InChI=1S/C25H31N3O/c1-16-9-6-7-12-23(16)27-25(29)22(15-26)14-21-13-19(4)28(20(21)5)24-17(2)10-8-11-18(24)3/h8,10-11,13-14,16,23H,6-7,9,12H2,1-5H3,(H,27,29)/b22-14+/t16-,23+/m0/s1. The van der Waals surface area contributed by atoms with E-state index in [4.69, 9.17) is 0 Å². The lowest BCUT2D eigenvalue weighted by molar-refractivity contribution is -0.118. The van der Waals surface area contributed by atoms with E-state index in [0.29, 0.717) is 5.92 Å². The summed E-state index contributed by atoms with van der Waals surface area (Å²) in [6.45, 7) is 10.5. The number of carbonyl (C=O) groups excluding carboxylic acids is 1. The summed E-state index contributed by atoms with van der Waals surface area (Å²) in [7, 11) is 0. The molecule has 1 aromatic heterocycles. The second kappa shape index (κ2) is 8.69. The van der Waals surface area contributed by atoms with Gasteiger partial charge in [-0.05, 0) is 75.3 Å². The first-order valence-corrected chi connectivity index (χ1v) is 10.5. The number of amides is 1. The van der Waals surface area contributed by atoms with Gasteiger partial charge in [0.05, 0.1) is 5.69 Å². The minimum Gasteiger partial charge on any atom is -0.348 e. The molecule has 0 saturated heterocycles. The molecule has 1 aliphatic rings. The van der Waals surface area contributed by atoms with Gasteiger partial charge >= 0.3 is 0 Å². The smallest absolute Gasteiger partial charge is 0.262 e. The summed E-state index contributed by atoms with van der Waals surface area (Å²) in [5.74, 6) is 0.199. The molecule has 1 fully saturated rings. The Hall–Kier alpha value is -2.80. The third-order valence-electron chi connectivity index (χ3n) is 6.23. The first-order valence-electron chi connectivity index (χ1n) is 10.5. The molecule has 0 aliphatic heterocycles. The number of nitrogens with zero attached hydrogens (tertiary/aromatic N) is 2. The molecule has 2 atom stereocenters. The fraction of sp³-hybridized carbons (Fsp3) is 0.440. The second-order valence-corrected chi connectivity index (χ2v) is 8.41. The van der Waals surface area contributed by atoms with Gasteiger partial charge in [0.1, 0.15) is 11.6 Å². The maximum absolute atomic E-state index is 12.8. The van der Waals surface area contributed by atoms with E-state index in [1.165, 1.54) is 23.2 Å². The summed E-state index contributed by atoms with van der Waals surface area (Å²) in [5, 5.41) is 12.7. The van der Waals surface area contributed by atoms with Gasteiger partial charge in [-0.25, -0.2) is 0 Å². The summed E-state index contributed by atoms with van der Waals surface area (Å²) in [4.78, 5) is 12.8. The lowest BCUT2D eigenvalue weighted by atomic mass is 9.86. The van der Waals surface area contributed by atoms with Crippen molar-refractivity contribution in [3.8, 4) is 11.8 Å².